The number of nitrogens with zero attached hydrogens (tertiary/aromatic N) is 2. The lowest BCUT2D eigenvalue weighted by Gasteiger charge is -2.08. The number of rotatable bonds is 3. The second-order valence-electron chi connectivity index (χ2n) is 5.34. The lowest BCUT2D eigenvalue weighted by atomic mass is 10.2. The van der Waals surface area contributed by atoms with E-state index >= 15 is 0 Å². The van der Waals surface area contributed by atoms with Crippen molar-refractivity contribution in [3.63, 3.8) is 0 Å². The maximum atomic E-state index is 12.5. The largest absolute Gasteiger partial charge is 0.465 e. The van der Waals surface area contributed by atoms with Gasteiger partial charge in [-0.3, -0.25) is 14.3 Å². The van der Waals surface area contributed by atoms with Gasteiger partial charge in [-0.15, -0.1) is 0 Å². The average Bonchev–Trinajstić information content (AvgIpc) is 2.64. The minimum absolute atomic E-state index is 0.196. The quantitative estimate of drug-likeness (QED) is 0.738. The lowest BCUT2D eigenvalue weighted by Crippen LogP contribution is -2.26. The Morgan fingerprint density at radius 2 is 1.76 bits per heavy atom. The number of fused-ring (bicyclic) bond motifs is 1. The maximum Gasteiger partial charge on any atom is 0.337 e. The molecular weight excluding hydrogens is 322 g/mol. The van der Waals surface area contributed by atoms with E-state index in [1.165, 1.54) is 23.9 Å². The number of esters is 1. The number of benzene rings is 2. The van der Waals surface area contributed by atoms with Gasteiger partial charge in [-0.1, -0.05) is 12.1 Å². The van der Waals surface area contributed by atoms with Gasteiger partial charge >= 0.3 is 5.97 Å². The summed E-state index contributed by atoms with van der Waals surface area (Å²) in [5.74, 6) is -1.08. The minimum Gasteiger partial charge on any atom is -0.465 e. The number of aromatic nitrogens is 2. The number of hydrogen-bond acceptors (Lipinski definition) is 5. The summed E-state index contributed by atoms with van der Waals surface area (Å²) in [5, 5.41) is 7.10. The molecule has 1 heterocycles. The van der Waals surface area contributed by atoms with Crippen LogP contribution in [0, 0.1) is 0 Å². The monoisotopic (exact) mass is 337 g/mol. The molecule has 7 heteroatoms. The van der Waals surface area contributed by atoms with Crippen LogP contribution in [-0.4, -0.2) is 28.8 Å². The van der Waals surface area contributed by atoms with Gasteiger partial charge in [0.15, 0.2) is 5.69 Å². The Morgan fingerprint density at radius 1 is 1.08 bits per heavy atom. The van der Waals surface area contributed by atoms with E-state index in [-0.39, 0.29) is 5.69 Å². The van der Waals surface area contributed by atoms with Gasteiger partial charge in [0.2, 0.25) is 5.43 Å². The van der Waals surface area contributed by atoms with Crippen LogP contribution in [0.5, 0.6) is 0 Å². The first-order valence-corrected chi connectivity index (χ1v) is 7.47. The highest BCUT2D eigenvalue weighted by Crippen LogP contribution is 2.12. The molecule has 0 saturated carbocycles. The molecule has 2 aromatic carbocycles. The summed E-state index contributed by atoms with van der Waals surface area (Å²) in [5.41, 5.74) is 0.817. The first-order valence-electron chi connectivity index (χ1n) is 7.47. The highest BCUT2D eigenvalue weighted by atomic mass is 16.5. The van der Waals surface area contributed by atoms with Crippen LogP contribution in [0.25, 0.3) is 10.9 Å². The van der Waals surface area contributed by atoms with E-state index in [2.05, 4.69) is 15.2 Å². The maximum absolute atomic E-state index is 12.5. The Morgan fingerprint density at radius 3 is 2.44 bits per heavy atom. The Balaban J connectivity index is 1.91. The normalized spacial score (nSPS) is 10.5. The Labute approximate surface area is 142 Å². The molecule has 0 saturated heterocycles. The van der Waals surface area contributed by atoms with Crippen molar-refractivity contribution in [3.05, 3.63) is 70.0 Å². The van der Waals surface area contributed by atoms with E-state index in [0.717, 1.165) is 0 Å². The molecule has 0 aliphatic rings. The summed E-state index contributed by atoms with van der Waals surface area (Å²) in [4.78, 5) is 36.3. The van der Waals surface area contributed by atoms with E-state index < -0.39 is 17.3 Å². The first kappa shape index (κ1) is 16.4. The van der Waals surface area contributed by atoms with Crippen molar-refractivity contribution < 1.29 is 14.3 Å². The third kappa shape index (κ3) is 3.12. The summed E-state index contributed by atoms with van der Waals surface area (Å²) < 4.78 is 6.11. The standard InChI is InChI=1S/C18H15N3O4/c1-21-14-6-4-3-5-13(14)16(22)15(20-21)17(23)19-12-9-7-11(8-10-12)18(24)25-2/h3-10H,1-2H3,(H,19,23). The average molecular weight is 337 g/mol. The smallest absolute Gasteiger partial charge is 0.337 e. The van der Waals surface area contributed by atoms with Gasteiger partial charge in [-0.2, -0.15) is 5.10 Å². The van der Waals surface area contributed by atoms with Crippen LogP contribution in [0.2, 0.25) is 0 Å². The zero-order valence-electron chi connectivity index (χ0n) is 13.6. The third-order valence-corrected chi connectivity index (χ3v) is 3.74. The Hall–Kier alpha value is -3.48. The molecule has 0 fully saturated rings. The van der Waals surface area contributed by atoms with E-state index in [0.29, 0.717) is 22.2 Å². The number of aryl methyl sites for hydroxylation is 1. The molecular formula is C18H15N3O4. The van der Waals surface area contributed by atoms with Crippen LogP contribution in [-0.2, 0) is 11.8 Å². The van der Waals surface area contributed by atoms with Crippen molar-refractivity contribution >= 4 is 28.5 Å². The molecule has 7 nitrogen and oxygen atoms in total. The highest BCUT2D eigenvalue weighted by molar-refractivity contribution is 6.04. The summed E-state index contributed by atoms with van der Waals surface area (Å²) in [7, 11) is 2.96. The van der Waals surface area contributed by atoms with Crippen LogP contribution in [0.4, 0.5) is 5.69 Å². The molecule has 0 aliphatic heterocycles. The van der Waals surface area contributed by atoms with Gasteiger partial charge in [-0.25, -0.2) is 4.79 Å². The topological polar surface area (TPSA) is 90.3 Å². The van der Waals surface area contributed by atoms with Gasteiger partial charge in [0.1, 0.15) is 0 Å². The zero-order valence-corrected chi connectivity index (χ0v) is 13.6. The highest BCUT2D eigenvalue weighted by Gasteiger charge is 2.16. The second-order valence-corrected chi connectivity index (χ2v) is 5.34. The number of anilines is 1. The van der Waals surface area contributed by atoms with Crippen molar-refractivity contribution in [2.24, 2.45) is 7.05 Å². The van der Waals surface area contributed by atoms with E-state index in [1.807, 2.05) is 0 Å². The van der Waals surface area contributed by atoms with Gasteiger partial charge in [-0.05, 0) is 36.4 Å². The Bertz CT molecular complexity index is 1020. The molecule has 0 atom stereocenters. The molecule has 1 aromatic heterocycles. The third-order valence-electron chi connectivity index (χ3n) is 3.74. The lowest BCUT2D eigenvalue weighted by molar-refractivity contribution is 0.0600. The van der Waals surface area contributed by atoms with Gasteiger partial charge in [0.05, 0.1) is 18.2 Å². The number of methoxy groups -OCH3 is 1. The van der Waals surface area contributed by atoms with Crippen LogP contribution < -0.4 is 10.7 Å². The number of amides is 1. The first-order chi connectivity index (χ1) is 12.0. The van der Waals surface area contributed by atoms with Crippen LogP contribution in [0.3, 0.4) is 0 Å². The van der Waals surface area contributed by atoms with Crippen molar-refractivity contribution in [2.75, 3.05) is 12.4 Å². The summed E-state index contributed by atoms with van der Waals surface area (Å²) in [6.07, 6.45) is 0. The molecule has 0 aliphatic carbocycles. The SMILES string of the molecule is COC(=O)c1ccc(NC(=O)c2nn(C)c3ccccc3c2=O)cc1. The van der Waals surface area contributed by atoms with Crippen molar-refractivity contribution in [1.29, 1.82) is 0 Å². The van der Waals surface area contributed by atoms with Crippen molar-refractivity contribution in [3.8, 4) is 0 Å². The van der Waals surface area contributed by atoms with Crippen LogP contribution in [0.1, 0.15) is 20.8 Å². The van der Waals surface area contributed by atoms with E-state index in [9.17, 15) is 14.4 Å². The number of para-hydroxylation sites is 1. The summed E-state index contributed by atoms with van der Waals surface area (Å²) in [6.45, 7) is 0. The van der Waals surface area contributed by atoms with Crippen LogP contribution >= 0.6 is 0 Å². The second kappa shape index (κ2) is 6.56. The number of carbonyl (C=O) groups is 2. The number of nitrogens with one attached hydrogen (secondary N) is 1. The number of ether oxygens (including phenoxy) is 1. The van der Waals surface area contributed by atoms with E-state index in [4.69, 9.17) is 0 Å². The molecule has 0 bridgehead atoms. The van der Waals surface area contributed by atoms with Crippen LogP contribution in [0.15, 0.2) is 53.3 Å². The fraction of sp³-hybridized carbons (Fsp3) is 0.111. The van der Waals surface area contributed by atoms with E-state index in [1.54, 1.807) is 43.4 Å². The predicted octanol–water partition coefficient (Wildman–Crippen LogP) is 1.97. The molecule has 0 radical (unpaired) electrons. The molecule has 0 unspecified atom stereocenters. The fourth-order valence-electron chi connectivity index (χ4n) is 2.47. The molecule has 1 amide bonds. The number of carbonyl (C=O) groups excluding carboxylic acids is 2. The Kier molecular flexibility index (Phi) is 4.30. The molecule has 0 spiro atoms. The number of hydrogen-bond donors (Lipinski definition) is 1. The molecule has 1 N–H and O–H groups in total. The van der Waals surface area contributed by atoms with Gasteiger partial charge in [0.25, 0.3) is 5.91 Å². The minimum atomic E-state index is -0.614. The molecule has 126 valence electrons. The molecule has 25 heavy (non-hydrogen) atoms. The van der Waals surface area contributed by atoms with Gasteiger partial charge in [0, 0.05) is 18.1 Å². The summed E-state index contributed by atoms with van der Waals surface area (Å²) in [6, 6.07) is 13.1. The van der Waals surface area contributed by atoms with Gasteiger partial charge < -0.3 is 10.1 Å². The van der Waals surface area contributed by atoms with Crippen molar-refractivity contribution in [1.82, 2.24) is 9.78 Å². The summed E-state index contributed by atoms with van der Waals surface area (Å²) >= 11 is 0. The van der Waals surface area contributed by atoms with Crippen molar-refractivity contribution in [2.45, 2.75) is 0 Å². The molecule has 3 rings (SSSR count). The molecule has 3 aromatic rings. The fourth-order valence-corrected chi connectivity index (χ4v) is 2.47. The predicted molar refractivity (Wildman–Crippen MR) is 92.7 cm³/mol. The zero-order chi connectivity index (χ0) is 18.0.